The third-order valence-corrected chi connectivity index (χ3v) is 6.07. The van der Waals surface area contributed by atoms with Crippen LogP contribution < -0.4 is 10.6 Å². The molecule has 5 nitrogen and oxygen atoms in total. The van der Waals surface area contributed by atoms with Crippen LogP contribution in [0.3, 0.4) is 0 Å². The smallest absolute Gasteiger partial charge is 0.191 e. The van der Waals surface area contributed by atoms with Gasteiger partial charge in [-0.3, -0.25) is 9.89 Å². The average molecular weight is 494 g/mol. The van der Waals surface area contributed by atoms with Crippen molar-refractivity contribution in [2.24, 2.45) is 10.9 Å². The second kappa shape index (κ2) is 12.1. The van der Waals surface area contributed by atoms with Crippen molar-refractivity contribution in [3.05, 3.63) is 15.6 Å². The molecule has 1 saturated heterocycles. The first-order valence-electron chi connectivity index (χ1n) is 9.62. The summed E-state index contributed by atoms with van der Waals surface area (Å²) in [6.07, 6.45) is 5.43. The monoisotopic (exact) mass is 493 g/mol. The van der Waals surface area contributed by atoms with Gasteiger partial charge in [-0.15, -0.1) is 35.3 Å². The maximum atomic E-state index is 4.49. The fraction of sp³-hybridized carbons (Fsp3) is 0.789. The highest BCUT2D eigenvalue weighted by Crippen LogP contribution is 2.18. The molecule has 26 heavy (non-hydrogen) atoms. The molecule has 2 rings (SSSR count). The quantitative estimate of drug-likeness (QED) is 0.358. The number of hydrogen-bond donors (Lipinski definition) is 2. The van der Waals surface area contributed by atoms with E-state index in [1.807, 2.05) is 7.05 Å². The zero-order valence-corrected chi connectivity index (χ0v) is 20.1. The number of nitrogens with zero attached hydrogens (tertiary/aromatic N) is 3. The summed E-state index contributed by atoms with van der Waals surface area (Å²) in [4.78, 5) is 12.8. The van der Waals surface area contributed by atoms with E-state index in [1.165, 1.54) is 43.6 Å². The van der Waals surface area contributed by atoms with Crippen molar-refractivity contribution in [2.75, 3.05) is 26.7 Å². The summed E-state index contributed by atoms with van der Waals surface area (Å²) in [7, 11) is 1.84. The van der Waals surface area contributed by atoms with Crippen molar-refractivity contribution in [1.82, 2.24) is 20.5 Å². The second-order valence-electron chi connectivity index (χ2n) is 7.31. The van der Waals surface area contributed by atoms with Gasteiger partial charge in [0, 0.05) is 24.5 Å². The summed E-state index contributed by atoms with van der Waals surface area (Å²) in [5.41, 5.74) is 1.12. The number of aryl methyl sites for hydroxylation is 2. The molecule has 1 aromatic rings. The molecule has 0 radical (unpaired) electrons. The number of nitrogens with one attached hydrogen (secondary N) is 2. The Morgan fingerprint density at radius 2 is 1.81 bits per heavy atom. The second-order valence-corrected chi connectivity index (χ2v) is 8.60. The lowest BCUT2D eigenvalue weighted by molar-refractivity contribution is 0.161. The molecule has 1 aliphatic rings. The molecule has 0 aliphatic carbocycles. The summed E-state index contributed by atoms with van der Waals surface area (Å²) in [5.74, 6) is 1.51. The third-order valence-electron chi connectivity index (χ3n) is 5.00. The summed E-state index contributed by atoms with van der Waals surface area (Å²) in [6.45, 7) is 13.0. The van der Waals surface area contributed by atoms with Gasteiger partial charge in [-0.05, 0) is 45.7 Å². The predicted molar refractivity (Wildman–Crippen MR) is 124 cm³/mol. The first-order chi connectivity index (χ1) is 12.0. The maximum Gasteiger partial charge on any atom is 0.191 e. The molecule has 0 aromatic carbocycles. The van der Waals surface area contributed by atoms with Crippen LogP contribution in [0.2, 0.25) is 0 Å². The molecule has 0 bridgehead atoms. The van der Waals surface area contributed by atoms with Crippen LogP contribution in [-0.4, -0.2) is 48.6 Å². The van der Waals surface area contributed by atoms with Gasteiger partial charge in [0.15, 0.2) is 5.96 Å². The van der Waals surface area contributed by atoms with Gasteiger partial charge in [0.05, 0.1) is 17.2 Å². The SMILES string of the molecule is CN=C(NCc1sc(C)nc1C)NCC(C(C)C)N1CCCCCC1.I. The van der Waals surface area contributed by atoms with E-state index in [2.05, 4.69) is 53.2 Å². The molecular weight excluding hydrogens is 457 g/mol. The predicted octanol–water partition coefficient (Wildman–Crippen LogP) is 3.94. The number of halogens is 1. The van der Waals surface area contributed by atoms with Gasteiger partial charge in [-0.25, -0.2) is 4.98 Å². The molecule has 1 aromatic heterocycles. The Balaban J connectivity index is 0.00000338. The molecule has 1 fully saturated rings. The van der Waals surface area contributed by atoms with E-state index < -0.39 is 0 Å². The molecular formula is C19H36IN5S. The molecule has 7 heteroatoms. The normalized spacial score (nSPS) is 17.5. The van der Waals surface area contributed by atoms with Gasteiger partial charge in [-0.2, -0.15) is 0 Å². The average Bonchev–Trinajstić information content (AvgIpc) is 2.77. The van der Waals surface area contributed by atoms with Crippen LogP contribution >= 0.6 is 35.3 Å². The zero-order valence-electron chi connectivity index (χ0n) is 17.0. The molecule has 2 N–H and O–H groups in total. The number of hydrogen-bond acceptors (Lipinski definition) is 4. The highest BCUT2D eigenvalue weighted by Gasteiger charge is 2.22. The molecule has 1 atom stereocenters. The fourth-order valence-corrected chi connectivity index (χ4v) is 4.41. The molecule has 0 amide bonds. The Bertz CT molecular complexity index is 550. The fourth-order valence-electron chi connectivity index (χ4n) is 3.54. The van der Waals surface area contributed by atoms with Gasteiger partial charge in [0.2, 0.25) is 0 Å². The molecule has 0 spiro atoms. The number of aromatic nitrogens is 1. The third kappa shape index (κ3) is 7.31. The molecule has 1 unspecified atom stereocenters. The minimum absolute atomic E-state index is 0. The summed E-state index contributed by atoms with van der Waals surface area (Å²) in [5, 5.41) is 8.11. The number of guanidine groups is 1. The van der Waals surface area contributed by atoms with E-state index in [-0.39, 0.29) is 24.0 Å². The largest absolute Gasteiger partial charge is 0.355 e. The van der Waals surface area contributed by atoms with Crippen LogP contribution in [0.1, 0.15) is 55.1 Å². The van der Waals surface area contributed by atoms with Gasteiger partial charge >= 0.3 is 0 Å². The van der Waals surface area contributed by atoms with Crippen molar-refractivity contribution >= 4 is 41.3 Å². The summed E-state index contributed by atoms with van der Waals surface area (Å²) in [6, 6.07) is 0.559. The molecule has 0 saturated carbocycles. The van der Waals surface area contributed by atoms with Gasteiger partial charge in [-0.1, -0.05) is 26.7 Å². The lowest BCUT2D eigenvalue weighted by Crippen LogP contribution is -2.49. The Kier molecular flexibility index (Phi) is 11.0. The Morgan fingerprint density at radius 1 is 1.15 bits per heavy atom. The molecule has 2 heterocycles. The molecule has 1 aliphatic heterocycles. The zero-order chi connectivity index (χ0) is 18.2. The minimum atomic E-state index is 0. The number of aliphatic imine (C=N–C) groups is 1. The maximum absolute atomic E-state index is 4.49. The van der Waals surface area contributed by atoms with Crippen molar-refractivity contribution in [3.8, 4) is 0 Å². The lowest BCUT2D eigenvalue weighted by Gasteiger charge is -2.34. The van der Waals surface area contributed by atoms with E-state index in [0.717, 1.165) is 29.8 Å². The van der Waals surface area contributed by atoms with E-state index in [9.17, 15) is 0 Å². The van der Waals surface area contributed by atoms with Gasteiger partial charge in [0.1, 0.15) is 0 Å². The Hall–Kier alpha value is -0.410. The van der Waals surface area contributed by atoms with Crippen molar-refractivity contribution in [3.63, 3.8) is 0 Å². The Labute approximate surface area is 180 Å². The number of thiazole rings is 1. The van der Waals surface area contributed by atoms with Crippen LogP contribution in [0.4, 0.5) is 0 Å². The van der Waals surface area contributed by atoms with Gasteiger partial charge < -0.3 is 10.6 Å². The van der Waals surface area contributed by atoms with E-state index in [0.29, 0.717) is 12.0 Å². The Morgan fingerprint density at radius 3 is 2.31 bits per heavy atom. The van der Waals surface area contributed by atoms with Crippen LogP contribution in [0.25, 0.3) is 0 Å². The highest BCUT2D eigenvalue weighted by molar-refractivity contribution is 14.0. The van der Waals surface area contributed by atoms with Crippen LogP contribution in [-0.2, 0) is 6.54 Å². The van der Waals surface area contributed by atoms with Gasteiger partial charge in [0.25, 0.3) is 0 Å². The van der Waals surface area contributed by atoms with Crippen molar-refractivity contribution in [1.29, 1.82) is 0 Å². The van der Waals surface area contributed by atoms with E-state index >= 15 is 0 Å². The van der Waals surface area contributed by atoms with Crippen molar-refractivity contribution < 1.29 is 0 Å². The number of rotatable bonds is 6. The number of likely N-dealkylation sites (tertiary alicyclic amines) is 1. The van der Waals surface area contributed by atoms with E-state index in [4.69, 9.17) is 0 Å². The summed E-state index contributed by atoms with van der Waals surface area (Å²) < 4.78 is 0. The molecule has 150 valence electrons. The van der Waals surface area contributed by atoms with Crippen LogP contribution in [0, 0.1) is 19.8 Å². The first-order valence-corrected chi connectivity index (χ1v) is 10.4. The highest BCUT2D eigenvalue weighted by atomic mass is 127. The van der Waals surface area contributed by atoms with Crippen LogP contribution in [0.5, 0.6) is 0 Å². The van der Waals surface area contributed by atoms with Crippen molar-refractivity contribution in [2.45, 2.75) is 66.0 Å². The standard InChI is InChI=1S/C19H35N5S.HI/c1-14(2)17(24-10-8-6-7-9-11-24)12-21-19(20-5)22-13-18-15(3)23-16(4)25-18;/h14,17H,6-13H2,1-5H3,(H2,20,21,22);1H. The topological polar surface area (TPSA) is 52.6 Å². The van der Waals surface area contributed by atoms with E-state index in [1.54, 1.807) is 11.3 Å². The van der Waals surface area contributed by atoms with Crippen LogP contribution in [0.15, 0.2) is 4.99 Å². The lowest BCUT2D eigenvalue weighted by atomic mass is 10.0. The summed E-state index contributed by atoms with van der Waals surface area (Å²) >= 11 is 1.76. The minimum Gasteiger partial charge on any atom is -0.355 e. The first kappa shape index (κ1) is 23.6.